The van der Waals surface area contributed by atoms with Gasteiger partial charge in [-0.05, 0) is 63.6 Å². The van der Waals surface area contributed by atoms with Crippen LogP contribution in [-0.2, 0) is 16.0 Å². The molecule has 0 bridgehead atoms. The number of carbonyl (C=O) groups excluding carboxylic acids is 2. The van der Waals surface area contributed by atoms with Gasteiger partial charge in [-0.2, -0.15) is 0 Å². The highest BCUT2D eigenvalue weighted by atomic mass is 16.5. The van der Waals surface area contributed by atoms with E-state index in [9.17, 15) is 9.59 Å². The van der Waals surface area contributed by atoms with E-state index in [2.05, 4.69) is 24.3 Å². The zero-order valence-electron chi connectivity index (χ0n) is 20.4. The quantitative estimate of drug-likeness (QED) is 0.451. The highest BCUT2D eigenvalue weighted by molar-refractivity contribution is 5.92. The number of benzene rings is 2. The summed E-state index contributed by atoms with van der Waals surface area (Å²) in [5.74, 6) is 1.07. The number of ether oxygens (including phenoxy) is 4. The summed E-state index contributed by atoms with van der Waals surface area (Å²) in [6, 6.07) is 13.6. The van der Waals surface area contributed by atoms with Crippen molar-refractivity contribution in [2.75, 3.05) is 39.5 Å². The second-order valence-corrected chi connectivity index (χ2v) is 8.19. The van der Waals surface area contributed by atoms with Gasteiger partial charge in [0.25, 0.3) is 5.91 Å². The number of hydrogen-bond donors (Lipinski definition) is 0. The molecule has 0 radical (unpaired) electrons. The van der Waals surface area contributed by atoms with Crippen LogP contribution < -0.4 is 14.2 Å². The Morgan fingerprint density at radius 2 is 1.47 bits per heavy atom. The number of piperidine rings is 1. The van der Waals surface area contributed by atoms with Gasteiger partial charge in [0.15, 0.2) is 18.1 Å². The average Bonchev–Trinajstić information content (AvgIpc) is 2.85. The maximum atomic E-state index is 12.7. The van der Waals surface area contributed by atoms with Crippen molar-refractivity contribution in [3.05, 3.63) is 53.6 Å². The highest BCUT2D eigenvalue weighted by Gasteiger charge is 2.25. The van der Waals surface area contributed by atoms with Gasteiger partial charge in [-0.25, -0.2) is 4.79 Å². The van der Waals surface area contributed by atoms with Crippen LogP contribution in [0.1, 0.15) is 49.5 Å². The lowest BCUT2D eigenvalue weighted by Gasteiger charge is -2.32. The maximum Gasteiger partial charge on any atom is 0.338 e. The van der Waals surface area contributed by atoms with Gasteiger partial charge in [-0.15, -0.1) is 0 Å². The molecule has 184 valence electrons. The molecule has 1 aliphatic rings. The van der Waals surface area contributed by atoms with Gasteiger partial charge in [0, 0.05) is 13.1 Å². The van der Waals surface area contributed by atoms with Crippen molar-refractivity contribution in [1.29, 1.82) is 0 Å². The summed E-state index contributed by atoms with van der Waals surface area (Å²) < 4.78 is 22.3. The lowest BCUT2D eigenvalue weighted by atomic mass is 9.90. The zero-order chi connectivity index (χ0) is 24.3. The highest BCUT2D eigenvalue weighted by Crippen LogP contribution is 2.39. The minimum atomic E-state index is -0.600. The van der Waals surface area contributed by atoms with Crippen molar-refractivity contribution in [3.63, 3.8) is 0 Å². The van der Waals surface area contributed by atoms with Gasteiger partial charge in [0.2, 0.25) is 5.75 Å². The van der Waals surface area contributed by atoms with E-state index in [-0.39, 0.29) is 18.1 Å². The standard InChI is InChI=1S/C27H35NO6/c1-4-31-23-17-22(18-24(32-5-2)26(23)33-6-3)27(30)34-19-25(29)28-14-12-21(13-15-28)16-20-10-8-7-9-11-20/h7-11,17-18,21H,4-6,12-16,19H2,1-3H3. The molecule has 0 saturated carbocycles. The first-order valence-corrected chi connectivity index (χ1v) is 12.1. The van der Waals surface area contributed by atoms with Gasteiger partial charge in [-0.3, -0.25) is 4.79 Å². The molecular formula is C27H35NO6. The number of likely N-dealkylation sites (tertiary alicyclic amines) is 1. The summed E-state index contributed by atoms with van der Waals surface area (Å²) in [5.41, 5.74) is 1.58. The van der Waals surface area contributed by atoms with Crippen molar-refractivity contribution in [2.45, 2.75) is 40.0 Å². The van der Waals surface area contributed by atoms with E-state index in [1.54, 1.807) is 17.0 Å². The van der Waals surface area contributed by atoms with Gasteiger partial charge >= 0.3 is 5.97 Å². The van der Waals surface area contributed by atoms with E-state index < -0.39 is 5.97 Å². The predicted octanol–water partition coefficient (Wildman–Crippen LogP) is 4.52. The van der Waals surface area contributed by atoms with Crippen LogP contribution in [0.5, 0.6) is 17.2 Å². The molecular weight excluding hydrogens is 434 g/mol. The third-order valence-electron chi connectivity index (χ3n) is 5.81. The first-order chi connectivity index (χ1) is 16.5. The third-order valence-corrected chi connectivity index (χ3v) is 5.81. The molecule has 1 saturated heterocycles. The molecule has 1 amide bonds. The van der Waals surface area contributed by atoms with Crippen molar-refractivity contribution in [2.24, 2.45) is 5.92 Å². The van der Waals surface area contributed by atoms with E-state index in [1.807, 2.05) is 26.8 Å². The van der Waals surface area contributed by atoms with Crippen LogP contribution >= 0.6 is 0 Å². The van der Waals surface area contributed by atoms with Crippen LogP contribution in [0.3, 0.4) is 0 Å². The monoisotopic (exact) mass is 469 g/mol. The van der Waals surface area contributed by atoms with E-state index >= 15 is 0 Å². The van der Waals surface area contributed by atoms with Gasteiger partial charge in [0.1, 0.15) is 0 Å². The first kappa shape index (κ1) is 25.4. The molecule has 34 heavy (non-hydrogen) atoms. The van der Waals surface area contributed by atoms with Crippen LogP contribution in [-0.4, -0.2) is 56.3 Å². The molecule has 0 N–H and O–H groups in total. The minimum absolute atomic E-state index is 0.174. The summed E-state index contributed by atoms with van der Waals surface area (Å²) in [7, 11) is 0. The topological polar surface area (TPSA) is 74.3 Å². The summed E-state index contributed by atoms with van der Waals surface area (Å²) in [5, 5.41) is 0. The fraction of sp³-hybridized carbons (Fsp3) is 0.481. The zero-order valence-corrected chi connectivity index (χ0v) is 20.4. The number of rotatable bonds is 11. The fourth-order valence-corrected chi connectivity index (χ4v) is 4.14. The van der Waals surface area contributed by atoms with Gasteiger partial charge < -0.3 is 23.8 Å². The van der Waals surface area contributed by atoms with Crippen LogP contribution in [0, 0.1) is 5.92 Å². The fourth-order valence-electron chi connectivity index (χ4n) is 4.14. The number of amides is 1. The van der Waals surface area contributed by atoms with E-state index in [0.29, 0.717) is 56.1 Å². The molecule has 0 aliphatic carbocycles. The van der Waals surface area contributed by atoms with Crippen LogP contribution in [0.2, 0.25) is 0 Å². The minimum Gasteiger partial charge on any atom is -0.490 e. The number of nitrogens with zero attached hydrogens (tertiary/aromatic N) is 1. The SMILES string of the molecule is CCOc1cc(C(=O)OCC(=O)N2CCC(Cc3ccccc3)CC2)cc(OCC)c1OCC. The smallest absolute Gasteiger partial charge is 0.338 e. The summed E-state index contributed by atoms with van der Waals surface area (Å²) in [6.45, 7) is 7.88. The summed E-state index contributed by atoms with van der Waals surface area (Å²) >= 11 is 0. The molecule has 2 aromatic rings. The van der Waals surface area contributed by atoms with Gasteiger partial charge in [-0.1, -0.05) is 30.3 Å². The molecule has 0 aromatic heterocycles. The average molecular weight is 470 g/mol. The van der Waals surface area contributed by atoms with Crippen LogP contribution in [0.15, 0.2) is 42.5 Å². The Morgan fingerprint density at radius 1 is 0.882 bits per heavy atom. The predicted molar refractivity (Wildman–Crippen MR) is 130 cm³/mol. The second-order valence-electron chi connectivity index (χ2n) is 8.19. The van der Waals surface area contributed by atoms with E-state index in [0.717, 1.165) is 19.3 Å². The number of esters is 1. The Bertz CT molecular complexity index is 910. The van der Waals surface area contributed by atoms with Crippen molar-refractivity contribution < 1.29 is 28.5 Å². The van der Waals surface area contributed by atoms with Crippen molar-refractivity contribution in [1.82, 2.24) is 4.90 Å². The summed E-state index contributed by atoms with van der Waals surface area (Å²) in [6.07, 6.45) is 2.92. The Labute approximate surface area is 201 Å². The van der Waals surface area contributed by atoms with Crippen LogP contribution in [0.25, 0.3) is 0 Å². The summed E-state index contributed by atoms with van der Waals surface area (Å²) in [4.78, 5) is 27.2. The molecule has 0 atom stereocenters. The molecule has 2 aromatic carbocycles. The molecule has 7 heteroatoms. The number of hydrogen-bond acceptors (Lipinski definition) is 6. The van der Waals surface area contributed by atoms with Gasteiger partial charge in [0.05, 0.1) is 25.4 Å². The molecule has 3 rings (SSSR count). The molecule has 1 aliphatic heterocycles. The third kappa shape index (κ3) is 6.89. The Morgan fingerprint density at radius 3 is 2.03 bits per heavy atom. The number of carbonyl (C=O) groups is 2. The van der Waals surface area contributed by atoms with E-state index in [4.69, 9.17) is 18.9 Å². The van der Waals surface area contributed by atoms with Crippen molar-refractivity contribution in [3.8, 4) is 17.2 Å². The Hall–Kier alpha value is -3.22. The van der Waals surface area contributed by atoms with Crippen molar-refractivity contribution >= 4 is 11.9 Å². The lowest BCUT2D eigenvalue weighted by molar-refractivity contribution is -0.135. The molecule has 7 nitrogen and oxygen atoms in total. The normalized spacial score (nSPS) is 13.9. The van der Waals surface area contributed by atoms with Crippen LogP contribution in [0.4, 0.5) is 0 Å². The largest absolute Gasteiger partial charge is 0.490 e. The Balaban J connectivity index is 1.56. The lowest BCUT2D eigenvalue weighted by Crippen LogP contribution is -2.41. The first-order valence-electron chi connectivity index (χ1n) is 12.1. The molecule has 1 fully saturated rings. The molecule has 0 spiro atoms. The second kappa shape index (κ2) is 12.9. The Kier molecular flexibility index (Phi) is 9.62. The van der Waals surface area contributed by atoms with E-state index in [1.165, 1.54) is 5.56 Å². The molecule has 0 unspecified atom stereocenters. The maximum absolute atomic E-state index is 12.7. The molecule has 1 heterocycles.